The van der Waals surface area contributed by atoms with Crippen LogP contribution >= 0.6 is 11.3 Å². The maximum Gasteiger partial charge on any atom is 0.0870 e. The first-order chi connectivity index (χ1) is 7.04. The van der Waals surface area contributed by atoms with Gasteiger partial charge in [0.05, 0.1) is 22.3 Å². The highest BCUT2D eigenvalue weighted by atomic mass is 32.1. The molecule has 0 aliphatic rings. The van der Waals surface area contributed by atoms with Crippen LogP contribution in [0.15, 0.2) is 17.6 Å². The molecule has 0 unspecified atom stereocenters. The topological polar surface area (TPSA) is 33.1 Å². The van der Waals surface area contributed by atoms with E-state index < -0.39 is 0 Å². The molecule has 0 saturated heterocycles. The molecule has 1 aromatic heterocycles. The quantitative estimate of drug-likeness (QED) is 0.802. The number of aliphatic hydroxyl groups is 1. The highest BCUT2D eigenvalue weighted by molar-refractivity contribution is 7.16. The van der Waals surface area contributed by atoms with Gasteiger partial charge in [-0.05, 0) is 17.0 Å². The SMILES string of the molecule is CC(C)(C)c1ccc2scnc2c1CO. The number of aromatic nitrogens is 1. The molecule has 0 bridgehead atoms. The maximum absolute atomic E-state index is 9.46. The van der Waals surface area contributed by atoms with Crippen LogP contribution in [-0.4, -0.2) is 10.1 Å². The van der Waals surface area contributed by atoms with Gasteiger partial charge in [-0.25, -0.2) is 4.98 Å². The number of hydrogen-bond donors (Lipinski definition) is 1. The van der Waals surface area contributed by atoms with Crippen LogP contribution in [0, 0.1) is 0 Å². The Kier molecular flexibility index (Phi) is 2.52. The van der Waals surface area contributed by atoms with Crippen LogP contribution in [0.4, 0.5) is 0 Å². The molecule has 0 aliphatic heterocycles. The number of aliphatic hydroxyl groups excluding tert-OH is 1. The van der Waals surface area contributed by atoms with E-state index in [1.807, 2.05) is 5.51 Å². The Morgan fingerprint density at radius 2 is 2.07 bits per heavy atom. The Morgan fingerprint density at radius 1 is 1.33 bits per heavy atom. The van der Waals surface area contributed by atoms with Crippen molar-refractivity contribution in [2.75, 3.05) is 0 Å². The average Bonchev–Trinajstić information content (AvgIpc) is 2.61. The van der Waals surface area contributed by atoms with Gasteiger partial charge in [-0.1, -0.05) is 26.8 Å². The monoisotopic (exact) mass is 221 g/mol. The smallest absolute Gasteiger partial charge is 0.0870 e. The molecule has 15 heavy (non-hydrogen) atoms. The van der Waals surface area contributed by atoms with Crippen molar-refractivity contribution in [2.24, 2.45) is 0 Å². The molecule has 0 amide bonds. The van der Waals surface area contributed by atoms with Crippen molar-refractivity contribution < 1.29 is 5.11 Å². The van der Waals surface area contributed by atoms with E-state index in [-0.39, 0.29) is 12.0 Å². The standard InChI is InChI=1S/C12H15NOS/c1-12(2,3)9-4-5-10-11(8(9)6-14)13-7-15-10/h4-5,7,14H,6H2,1-3H3. The maximum atomic E-state index is 9.46. The lowest BCUT2D eigenvalue weighted by Gasteiger charge is -2.22. The molecule has 80 valence electrons. The second-order valence-corrected chi connectivity index (χ2v) is 5.59. The third-order valence-corrected chi connectivity index (χ3v) is 3.37. The summed E-state index contributed by atoms with van der Waals surface area (Å²) in [6, 6.07) is 4.19. The zero-order valence-electron chi connectivity index (χ0n) is 9.24. The van der Waals surface area contributed by atoms with E-state index in [0.29, 0.717) is 0 Å². The number of hydrogen-bond acceptors (Lipinski definition) is 3. The van der Waals surface area contributed by atoms with Crippen molar-refractivity contribution in [3.63, 3.8) is 0 Å². The third-order valence-electron chi connectivity index (χ3n) is 2.57. The fraction of sp³-hybridized carbons (Fsp3) is 0.417. The molecule has 0 radical (unpaired) electrons. The first-order valence-electron chi connectivity index (χ1n) is 5.00. The summed E-state index contributed by atoms with van der Waals surface area (Å²) in [6.07, 6.45) is 0. The Labute approximate surface area is 93.6 Å². The second-order valence-electron chi connectivity index (χ2n) is 4.70. The van der Waals surface area contributed by atoms with Crippen LogP contribution in [-0.2, 0) is 12.0 Å². The van der Waals surface area contributed by atoms with Gasteiger partial charge in [0.1, 0.15) is 0 Å². The molecule has 0 spiro atoms. The molecule has 2 nitrogen and oxygen atoms in total. The summed E-state index contributed by atoms with van der Waals surface area (Å²) >= 11 is 1.61. The Balaban J connectivity index is 2.75. The molecule has 1 heterocycles. The Morgan fingerprint density at radius 3 is 2.67 bits per heavy atom. The van der Waals surface area contributed by atoms with Crippen LogP contribution in [0.5, 0.6) is 0 Å². The fourth-order valence-corrected chi connectivity index (χ4v) is 2.56. The highest BCUT2D eigenvalue weighted by Gasteiger charge is 2.19. The fourth-order valence-electron chi connectivity index (χ4n) is 1.85. The predicted octanol–water partition coefficient (Wildman–Crippen LogP) is 3.09. The van der Waals surface area contributed by atoms with Gasteiger partial charge < -0.3 is 5.11 Å². The zero-order valence-corrected chi connectivity index (χ0v) is 10.1. The summed E-state index contributed by atoms with van der Waals surface area (Å²) in [7, 11) is 0. The summed E-state index contributed by atoms with van der Waals surface area (Å²) in [4.78, 5) is 4.32. The number of rotatable bonds is 1. The molecule has 0 atom stereocenters. The van der Waals surface area contributed by atoms with Crippen molar-refractivity contribution in [2.45, 2.75) is 32.8 Å². The highest BCUT2D eigenvalue weighted by Crippen LogP contribution is 2.32. The zero-order chi connectivity index (χ0) is 11.1. The normalized spacial score (nSPS) is 12.3. The van der Waals surface area contributed by atoms with Gasteiger partial charge in [-0.2, -0.15) is 0 Å². The van der Waals surface area contributed by atoms with E-state index >= 15 is 0 Å². The minimum absolute atomic E-state index is 0.0515. The summed E-state index contributed by atoms with van der Waals surface area (Å²) in [5, 5.41) is 9.46. The molecule has 2 aromatic rings. The molecule has 0 saturated carbocycles. The van der Waals surface area contributed by atoms with E-state index in [9.17, 15) is 5.11 Å². The molecule has 1 aromatic carbocycles. The van der Waals surface area contributed by atoms with Gasteiger partial charge >= 0.3 is 0 Å². The third kappa shape index (κ3) is 1.77. The minimum atomic E-state index is 0.0515. The summed E-state index contributed by atoms with van der Waals surface area (Å²) in [6.45, 7) is 6.52. The molecule has 2 rings (SSSR count). The molecular weight excluding hydrogens is 206 g/mol. The number of fused-ring (bicyclic) bond motifs is 1. The van der Waals surface area contributed by atoms with Crippen molar-refractivity contribution in [1.29, 1.82) is 0 Å². The molecular formula is C12H15NOS. The van der Waals surface area contributed by atoms with E-state index in [1.54, 1.807) is 11.3 Å². The van der Waals surface area contributed by atoms with E-state index in [0.717, 1.165) is 15.8 Å². The molecule has 3 heteroatoms. The molecule has 1 N–H and O–H groups in total. The lowest BCUT2D eigenvalue weighted by Crippen LogP contribution is -2.14. The van der Waals surface area contributed by atoms with Gasteiger partial charge in [-0.3, -0.25) is 0 Å². The van der Waals surface area contributed by atoms with Gasteiger partial charge in [0.15, 0.2) is 0 Å². The predicted molar refractivity (Wildman–Crippen MR) is 64.2 cm³/mol. The lowest BCUT2D eigenvalue weighted by atomic mass is 9.83. The van der Waals surface area contributed by atoms with E-state index in [2.05, 4.69) is 37.9 Å². The van der Waals surface area contributed by atoms with E-state index in [1.165, 1.54) is 5.56 Å². The van der Waals surface area contributed by atoms with Gasteiger partial charge in [0.2, 0.25) is 0 Å². The van der Waals surface area contributed by atoms with Crippen LogP contribution in [0.2, 0.25) is 0 Å². The Hall–Kier alpha value is -0.930. The van der Waals surface area contributed by atoms with Crippen LogP contribution < -0.4 is 0 Å². The molecule has 0 aliphatic carbocycles. The first-order valence-corrected chi connectivity index (χ1v) is 5.88. The summed E-state index contributed by atoms with van der Waals surface area (Å²) in [5.74, 6) is 0. The summed E-state index contributed by atoms with van der Waals surface area (Å²) < 4.78 is 1.15. The number of thiazole rings is 1. The van der Waals surface area contributed by atoms with Gasteiger partial charge in [0.25, 0.3) is 0 Å². The summed E-state index contributed by atoms with van der Waals surface area (Å²) in [5.41, 5.74) is 4.99. The molecule has 0 fully saturated rings. The van der Waals surface area contributed by atoms with Crippen LogP contribution in [0.3, 0.4) is 0 Å². The lowest BCUT2D eigenvalue weighted by molar-refractivity contribution is 0.280. The van der Waals surface area contributed by atoms with E-state index in [4.69, 9.17) is 0 Å². The van der Waals surface area contributed by atoms with Gasteiger partial charge in [-0.15, -0.1) is 11.3 Å². The Bertz CT molecular complexity index is 482. The largest absolute Gasteiger partial charge is 0.392 e. The number of benzene rings is 1. The van der Waals surface area contributed by atoms with Crippen molar-refractivity contribution in [3.05, 3.63) is 28.8 Å². The van der Waals surface area contributed by atoms with Crippen LogP contribution in [0.1, 0.15) is 31.9 Å². The van der Waals surface area contributed by atoms with Crippen LogP contribution in [0.25, 0.3) is 10.2 Å². The second kappa shape index (κ2) is 3.58. The van der Waals surface area contributed by atoms with Crippen molar-refractivity contribution in [3.8, 4) is 0 Å². The first kappa shape index (κ1) is 10.6. The van der Waals surface area contributed by atoms with Crippen molar-refractivity contribution in [1.82, 2.24) is 4.98 Å². The number of nitrogens with zero attached hydrogens (tertiary/aromatic N) is 1. The minimum Gasteiger partial charge on any atom is -0.392 e. The average molecular weight is 221 g/mol. The van der Waals surface area contributed by atoms with Gasteiger partial charge in [0, 0.05) is 5.56 Å². The van der Waals surface area contributed by atoms with Crippen molar-refractivity contribution >= 4 is 21.6 Å².